The minimum atomic E-state index is -0.462. The van der Waals surface area contributed by atoms with Crippen LogP contribution in [0.3, 0.4) is 0 Å². The summed E-state index contributed by atoms with van der Waals surface area (Å²) in [5.74, 6) is -0.262. The molecule has 0 aliphatic rings. The van der Waals surface area contributed by atoms with Gasteiger partial charge >= 0.3 is 5.97 Å². The van der Waals surface area contributed by atoms with Gasteiger partial charge in [0.2, 0.25) is 0 Å². The lowest BCUT2D eigenvalue weighted by molar-refractivity contribution is -0.156. The summed E-state index contributed by atoms with van der Waals surface area (Å²) < 4.78 is 5.31. The zero-order chi connectivity index (χ0) is 19.0. The van der Waals surface area contributed by atoms with E-state index in [4.69, 9.17) is 10.5 Å². The van der Waals surface area contributed by atoms with Crippen LogP contribution in [0.4, 0.5) is 0 Å². The van der Waals surface area contributed by atoms with Crippen molar-refractivity contribution in [3.63, 3.8) is 0 Å². The van der Waals surface area contributed by atoms with Gasteiger partial charge < -0.3 is 10.5 Å². The summed E-state index contributed by atoms with van der Waals surface area (Å²) in [6, 6.07) is -0.462. The van der Waals surface area contributed by atoms with Crippen molar-refractivity contribution in [2.75, 3.05) is 0 Å². The highest BCUT2D eigenvalue weighted by Crippen LogP contribution is 2.14. The van der Waals surface area contributed by atoms with E-state index in [-0.39, 0.29) is 5.97 Å². The van der Waals surface area contributed by atoms with E-state index in [0.717, 1.165) is 12.8 Å². The van der Waals surface area contributed by atoms with Gasteiger partial charge in [0.15, 0.2) is 0 Å². The predicted molar refractivity (Wildman–Crippen MR) is 109 cm³/mol. The summed E-state index contributed by atoms with van der Waals surface area (Å²) >= 11 is 0. The zero-order valence-corrected chi connectivity index (χ0v) is 17.6. The number of esters is 1. The first-order valence-electron chi connectivity index (χ1n) is 10.8. The summed E-state index contributed by atoms with van der Waals surface area (Å²) in [7, 11) is 0. The van der Waals surface area contributed by atoms with Crippen molar-refractivity contribution < 1.29 is 9.53 Å². The van der Waals surface area contributed by atoms with E-state index in [1.54, 1.807) is 0 Å². The topological polar surface area (TPSA) is 52.3 Å². The SMILES string of the molecule is CCCCCCCCCCCCCCCCC(N)C(=O)OC(C)(C)C. The largest absolute Gasteiger partial charge is 0.459 e. The Labute approximate surface area is 157 Å². The highest BCUT2D eigenvalue weighted by atomic mass is 16.6. The summed E-state index contributed by atoms with van der Waals surface area (Å²) in [5.41, 5.74) is 5.46. The summed E-state index contributed by atoms with van der Waals surface area (Å²) in [6.45, 7) is 7.91. The van der Waals surface area contributed by atoms with Crippen LogP contribution in [0.2, 0.25) is 0 Å². The second kappa shape index (κ2) is 15.7. The Bertz CT molecular complexity index is 310. The van der Waals surface area contributed by atoms with Crippen molar-refractivity contribution in [2.45, 2.75) is 136 Å². The molecule has 0 aromatic rings. The van der Waals surface area contributed by atoms with Gasteiger partial charge in [0, 0.05) is 0 Å². The highest BCUT2D eigenvalue weighted by molar-refractivity contribution is 5.75. The Kier molecular flexibility index (Phi) is 15.3. The number of carbonyl (C=O) groups is 1. The van der Waals surface area contributed by atoms with Crippen molar-refractivity contribution in [3.05, 3.63) is 0 Å². The second-order valence-electron chi connectivity index (χ2n) is 8.52. The molecule has 3 heteroatoms. The van der Waals surface area contributed by atoms with E-state index in [9.17, 15) is 4.79 Å². The van der Waals surface area contributed by atoms with Gasteiger partial charge in [-0.15, -0.1) is 0 Å². The van der Waals surface area contributed by atoms with Crippen LogP contribution in [0.1, 0.15) is 124 Å². The Morgan fingerprint density at radius 3 is 1.48 bits per heavy atom. The van der Waals surface area contributed by atoms with Gasteiger partial charge in [-0.1, -0.05) is 96.8 Å². The number of nitrogens with two attached hydrogens (primary N) is 1. The van der Waals surface area contributed by atoms with Crippen LogP contribution in [0.15, 0.2) is 0 Å². The average Bonchev–Trinajstić information content (AvgIpc) is 2.53. The van der Waals surface area contributed by atoms with Gasteiger partial charge in [-0.25, -0.2) is 0 Å². The van der Waals surface area contributed by atoms with Gasteiger partial charge in [0.25, 0.3) is 0 Å². The van der Waals surface area contributed by atoms with Crippen LogP contribution in [0.25, 0.3) is 0 Å². The summed E-state index contributed by atoms with van der Waals surface area (Å²) in [6.07, 6.45) is 19.5. The molecule has 0 radical (unpaired) electrons. The molecule has 0 bridgehead atoms. The lowest BCUT2D eigenvalue weighted by atomic mass is 10.0. The lowest BCUT2D eigenvalue weighted by Gasteiger charge is -2.22. The second-order valence-corrected chi connectivity index (χ2v) is 8.52. The maximum absolute atomic E-state index is 11.8. The Hall–Kier alpha value is -0.570. The highest BCUT2D eigenvalue weighted by Gasteiger charge is 2.21. The molecular formula is C22H45NO2. The van der Waals surface area contributed by atoms with Crippen molar-refractivity contribution in [1.29, 1.82) is 0 Å². The molecule has 0 aliphatic carbocycles. The number of hydrogen-bond donors (Lipinski definition) is 1. The van der Waals surface area contributed by atoms with Crippen molar-refractivity contribution >= 4 is 5.97 Å². The third-order valence-corrected chi connectivity index (χ3v) is 4.58. The molecule has 0 aromatic carbocycles. The van der Waals surface area contributed by atoms with E-state index in [1.807, 2.05) is 20.8 Å². The number of unbranched alkanes of at least 4 members (excludes halogenated alkanes) is 13. The quantitative estimate of drug-likeness (QED) is 0.253. The first kappa shape index (κ1) is 24.4. The third kappa shape index (κ3) is 18.0. The maximum Gasteiger partial charge on any atom is 0.323 e. The van der Waals surface area contributed by atoms with Crippen molar-refractivity contribution in [1.82, 2.24) is 0 Å². The Balaban J connectivity index is 3.29. The fourth-order valence-electron chi connectivity index (χ4n) is 3.05. The molecule has 0 heterocycles. The number of ether oxygens (including phenoxy) is 1. The van der Waals surface area contributed by atoms with E-state index in [2.05, 4.69) is 6.92 Å². The molecule has 0 amide bonds. The molecule has 0 fully saturated rings. The molecule has 1 atom stereocenters. The fraction of sp³-hybridized carbons (Fsp3) is 0.955. The maximum atomic E-state index is 11.8. The minimum Gasteiger partial charge on any atom is -0.459 e. The van der Waals surface area contributed by atoms with E-state index >= 15 is 0 Å². The molecule has 1 unspecified atom stereocenters. The molecule has 0 saturated carbocycles. The Morgan fingerprint density at radius 2 is 1.12 bits per heavy atom. The number of carbonyl (C=O) groups excluding carboxylic acids is 1. The monoisotopic (exact) mass is 355 g/mol. The average molecular weight is 356 g/mol. The zero-order valence-electron chi connectivity index (χ0n) is 17.6. The first-order valence-corrected chi connectivity index (χ1v) is 10.8. The van der Waals surface area contributed by atoms with Crippen LogP contribution < -0.4 is 5.73 Å². The molecule has 25 heavy (non-hydrogen) atoms. The van der Waals surface area contributed by atoms with Crippen LogP contribution in [0.5, 0.6) is 0 Å². The normalized spacial score (nSPS) is 13.0. The van der Waals surface area contributed by atoms with Crippen molar-refractivity contribution in [2.24, 2.45) is 5.73 Å². The summed E-state index contributed by atoms with van der Waals surface area (Å²) in [4.78, 5) is 11.8. The van der Waals surface area contributed by atoms with Crippen molar-refractivity contribution in [3.8, 4) is 0 Å². The fourth-order valence-corrected chi connectivity index (χ4v) is 3.05. The first-order chi connectivity index (χ1) is 11.9. The van der Waals surface area contributed by atoms with Gasteiger partial charge in [-0.2, -0.15) is 0 Å². The van der Waals surface area contributed by atoms with Gasteiger partial charge in [0.1, 0.15) is 11.6 Å². The van der Waals surface area contributed by atoms with Crippen LogP contribution in [0, 0.1) is 0 Å². The van der Waals surface area contributed by atoms with E-state index < -0.39 is 11.6 Å². The lowest BCUT2D eigenvalue weighted by Crippen LogP contribution is -2.37. The molecule has 150 valence electrons. The van der Waals surface area contributed by atoms with Crippen LogP contribution in [-0.4, -0.2) is 17.6 Å². The molecule has 3 nitrogen and oxygen atoms in total. The van der Waals surface area contributed by atoms with Gasteiger partial charge in [-0.3, -0.25) is 4.79 Å². The molecule has 2 N–H and O–H groups in total. The van der Waals surface area contributed by atoms with E-state index in [1.165, 1.54) is 83.5 Å². The van der Waals surface area contributed by atoms with Crippen LogP contribution in [-0.2, 0) is 9.53 Å². The Morgan fingerprint density at radius 1 is 0.760 bits per heavy atom. The van der Waals surface area contributed by atoms with Gasteiger partial charge in [0.05, 0.1) is 0 Å². The smallest absolute Gasteiger partial charge is 0.323 e. The minimum absolute atomic E-state index is 0.262. The van der Waals surface area contributed by atoms with Gasteiger partial charge in [-0.05, 0) is 27.2 Å². The molecule has 0 aliphatic heterocycles. The molecule has 0 rings (SSSR count). The van der Waals surface area contributed by atoms with Crippen LogP contribution >= 0.6 is 0 Å². The standard InChI is InChI=1S/C22H45NO2/c1-5-6-7-8-9-10-11-12-13-14-15-16-17-18-19-20(23)21(24)25-22(2,3)4/h20H,5-19,23H2,1-4H3. The number of rotatable bonds is 16. The molecule has 0 saturated heterocycles. The molecule has 0 spiro atoms. The molecular weight excluding hydrogens is 310 g/mol. The predicted octanol–water partition coefficient (Wildman–Crippen LogP) is 6.53. The third-order valence-electron chi connectivity index (χ3n) is 4.58. The summed E-state index contributed by atoms with van der Waals surface area (Å²) in [5, 5.41) is 0. The van der Waals surface area contributed by atoms with E-state index in [0.29, 0.717) is 0 Å². The number of hydrogen-bond acceptors (Lipinski definition) is 3. The molecule has 0 aromatic heterocycles.